The van der Waals surface area contributed by atoms with Gasteiger partial charge in [0.1, 0.15) is 18.2 Å². The number of guanidine groups is 1. The first kappa shape index (κ1) is 31.3. The number of amides is 2. The number of pyridine rings is 1. The number of carbonyl (C=O) groups is 2. The van der Waals surface area contributed by atoms with Gasteiger partial charge in [-0.15, -0.1) is 0 Å². The van der Waals surface area contributed by atoms with Gasteiger partial charge in [0.15, 0.2) is 0 Å². The van der Waals surface area contributed by atoms with Crippen molar-refractivity contribution in [3.05, 3.63) is 30.1 Å². The molecule has 2 aliphatic rings. The van der Waals surface area contributed by atoms with Crippen LogP contribution in [0.25, 0.3) is 0 Å². The molecule has 3 atom stereocenters. The van der Waals surface area contributed by atoms with Gasteiger partial charge in [0.2, 0.25) is 11.9 Å². The highest BCUT2D eigenvalue weighted by atomic mass is 16.6. The standard InChI is InChI=1S/C29H44N6O5/c1-28(2,3)9-8-24(32-26(35-12-14-39-15-13-35)33-27(37)40-17-16-38-4)25(36)34-29(21-30)10-7-22(19-29)18-23-6-5-11-31-20-23/h5-6,11,20,22,24H,7-10,12-19H2,1-4H3,(H,34,36)(H,32,33,37). The molecule has 0 spiro atoms. The van der Waals surface area contributed by atoms with E-state index in [9.17, 15) is 14.9 Å². The fourth-order valence-electron chi connectivity index (χ4n) is 5.02. The van der Waals surface area contributed by atoms with E-state index in [1.54, 1.807) is 6.20 Å². The minimum Gasteiger partial charge on any atom is -0.447 e. The number of aliphatic imine (C=N–C) groups is 1. The van der Waals surface area contributed by atoms with Crippen molar-refractivity contribution in [1.29, 1.82) is 5.26 Å². The Bertz CT molecular complexity index is 1030. The lowest BCUT2D eigenvalue weighted by Crippen LogP contribution is -2.52. The number of aromatic nitrogens is 1. The quantitative estimate of drug-likeness (QED) is 0.255. The lowest BCUT2D eigenvalue weighted by atomic mass is 9.88. The Kier molecular flexibility index (Phi) is 11.7. The summed E-state index contributed by atoms with van der Waals surface area (Å²) in [5.41, 5.74) is 0.138. The van der Waals surface area contributed by atoms with E-state index in [0.717, 1.165) is 24.8 Å². The Balaban J connectivity index is 1.79. The summed E-state index contributed by atoms with van der Waals surface area (Å²) >= 11 is 0. The van der Waals surface area contributed by atoms with Gasteiger partial charge in [-0.2, -0.15) is 5.26 Å². The third kappa shape index (κ3) is 10.1. The largest absolute Gasteiger partial charge is 0.447 e. The van der Waals surface area contributed by atoms with Gasteiger partial charge in [0, 0.05) is 32.6 Å². The molecule has 0 bridgehead atoms. The number of morpholine rings is 1. The van der Waals surface area contributed by atoms with Crippen LogP contribution >= 0.6 is 0 Å². The second-order valence-corrected chi connectivity index (χ2v) is 11.8. The number of nitriles is 1. The number of hydrogen-bond acceptors (Lipinski definition) is 8. The summed E-state index contributed by atoms with van der Waals surface area (Å²) in [5, 5.41) is 16.0. The van der Waals surface area contributed by atoms with Crippen molar-refractivity contribution in [3.63, 3.8) is 0 Å². The molecule has 1 saturated carbocycles. The Morgan fingerprint density at radius 3 is 2.75 bits per heavy atom. The molecule has 11 heteroatoms. The van der Waals surface area contributed by atoms with Crippen molar-refractivity contribution >= 4 is 18.0 Å². The number of methoxy groups -OCH3 is 1. The van der Waals surface area contributed by atoms with Crippen LogP contribution < -0.4 is 10.6 Å². The molecule has 1 aliphatic carbocycles. The van der Waals surface area contributed by atoms with Crippen LogP contribution in [-0.4, -0.2) is 86.1 Å². The molecule has 2 amide bonds. The van der Waals surface area contributed by atoms with E-state index in [4.69, 9.17) is 19.2 Å². The molecule has 11 nitrogen and oxygen atoms in total. The van der Waals surface area contributed by atoms with Crippen LogP contribution in [0, 0.1) is 22.7 Å². The topological polar surface area (TPSA) is 138 Å². The summed E-state index contributed by atoms with van der Waals surface area (Å²) in [6.45, 7) is 8.68. The zero-order chi connectivity index (χ0) is 29.0. The lowest BCUT2D eigenvalue weighted by molar-refractivity contribution is -0.123. The zero-order valence-electron chi connectivity index (χ0n) is 24.3. The van der Waals surface area contributed by atoms with Crippen molar-refractivity contribution in [1.82, 2.24) is 20.5 Å². The molecule has 1 aliphatic heterocycles. The Labute approximate surface area is 237 Å². The molecule has 1 saturated heterocycles. The highest BCUT2D eigenvalue weighted by Crippen LogP contribution is 2.36. The molecule has 0 aromatic carbocycles. The van der Waals surface area contributed by atoms with Gasteiger partial charge < -0.3 is 24.4 Å². The molecule has 0 radical (unpaired) electrons. The summed E-state index contributed by atoms with van der Waals surface area (Å²) in [4.78, 5) is 37.2. The minimum absolute atomic E-state index is 0.0330. The number of alkyl carbamates (subject to hydrolysis) is 1. The first-order chi connectivity index (χ1) is 19.1. The third-order valence-electron chi connectivity index (χ3n) is 7.23. The highest BCUT2D eigenvalue weighted by Gasteiger charge is 2.42. The van der Waals surface area contributed by atoms with E-state index in [2.05, 4.69) is 42.5 Å². The highest BCUT2D eigenvalue weighted by molar-refractivity contribution is 5.96. The van der Waals surface area contributed by atoms with E-state index < -0.39 is 17.7 Å². The van der Waals surface area contributed by atoms with Crippen LogP contribution in [0.1, 0.15) is 58.4 Å². The van der Waals surface area contributed by atoms with Crippen molar-refractivity contribution in [2.75, 3.05) is 46.6 Å². The monoisotopic (exact) mass is 556 g/mol. The Hall–Kier alpha value is -3.23. The SMILES string of the molecule is COCCOC(=O)NC(=NC(CCC(C)(C)C)C(=O)NC1(C#N)CCC(Cc2cccnc2)C1)N1CCOCC1. The second-order valence-electron chi connectivity index (χ2n) is 11.8. The average Bonchev–Trinajstić information content (AvgIpc) is 3.33. The van der Waals surface area contributed by atoms with E-state index >= 15 is 0 Å². The molecule has 1 aromatic heterocycles. The molecular formula is C29H44N6O5. The van der Waals surface area contributed by atoms with E-state index in [1.165, 1.54) is 7.11 Å². The molecule has 2 N–H and O–H groups in total. The van der Waals surface area contributed by atoms with Crippen LogP contribution in [-0.2, 0) is 25.4 Å². The number of nitrogens with zero attached hydrogens (tertiary/aromatic N) is 4. The first-order valence-corrected chi connectivity index (χ1v) is 14.1. The molecule has 1 aromatic rings. The van der Waals surface area contributed by atoms with Gasteiger partial charge in [-0.05, 0) is 61.5 Å². The summed E-state index contributed by atoms with van der Waals surface area (Å²) in [7, 11) is 1.53. The lowest BCUT2D eigenvalue weighted by Gasteiger charge is -2.31. The van der Waals surface area contributed by atoms with Gasteiger partial charge in [0.25, 0.3) is 0 Å². The molecule has 2 heterocycles. The van der Waals surface area contributed by atoms with Gasteiger partial charge in [-0.3, -0.25) is 15.1 Å². The summed E-state index contributed by atoms with van der Waals surface area (Å²) in [6.07, 6.45) is 6.92. The number of rotatable bonds is 10. The summed E-state index contributed by atoms with van der Waals surface area (Å²) in [5.74, 6) is 0.230. The summed E-state index contributed by atoms with van der Waals surface area (Å²) in [6, 6.07) is 5.56. The molecule has 40 heavy (non-hydrogen) atoms. The van der Waals surface area contributed by atoms with Crippen molar-refractivity contribution in [2.45, 2.75) is 70.9 Å². The van der Waals surface area contributed by atoms with Gasteiger partial charge in [-0.25, -0.2) is 9.79 Å². The summed E-state index contributed by atoms with van der Waals surface area (Å²) < 4.78 is 15.6. The zero-order valence-corrected chi connectivity index (χ0v) is 24.3. The molecule has 3 rings (SSSR count). The Morgan fingerprint density at radius 1 is 1.32 bits per heavy atom. The van der Waals surface area contributed by atoms with Crippen LogP contribution in [0.4, 0.5) is 4.79 Å². The van der Waals surface area contributed by atoms with E-state index in [1.807, 2.05) is 23.2 Å². The minimum atomic E-state index is -0.953. The molecule has 220 valence electrons. The number of ether oxygens (including phenoxy) is 3. The van der Waals surface area contributed by atoms with E-state index in [-0.39, 0.29) is 36.4 Å². The molecule has 2 fully saturated rings. The Morgan fingerprint density at radius 2 is 2.10 bits per heavy atom. The van der Waals surface area contributed by atoms with Crippen molar-refractivity contribution in [3.8, 4) is 6.07 Å². The maximum atomic E-state index is 13.8. The second kappa shape index (κ2) is 15.0. The van der Waals surface area contributed by atoms with Crippen LogP contribution in [0.15, 0.2) is 29.5 Å². The van der Waals surface area contributed by atoms with Crippen LogP contribution in [0.5, 0.6) is 0 Å². The van der Waals surface area contributed by atoms with Crippen LogP contribution in [0.2, 0.25) is 0 Å². The number of hydrogen-bond donors (Lipinski definition) is 2. The third-order valence-corrected chi connectivity index (χ3v) is 7.23. The smallest absolute Gasteiger partial charge is 0.414 e. The van der Waals surface area contributed by atoms with Crippen molar-refractivity contribution in [2.24, 2.45) is 16.3 Å². The maximum Gasteiger partial charge on any atom is 0.414 e. The van der Waals surface area contributed by atoms with Crippen molar-refractivity contribution < 1.29 is 23.8 Å². The predicted octanol–water partition coefficient (Wildman–Crippen LogP) is 3.06. The fourth-order valence-corrected chi connectivity index (χ4v) is 5.02. The average molecular weight is 557 g/mol. The maximum absolute atomic E-state index is 13.8. The molecule has 3 unspecified atom stereocenters. The van der Waals surface area contributed by atoms with Gasteiger partial charge in [0.05, 0.1) is 25.9 Å². The van der Waals surface area contributed by atoms with Crippen LogP contribution in [0.3, 0.4) is 0 Å². The fraction of sp³-hybridized carbons (Fsp3) is 0.690. The predicted molar refractivity (Wildman–Crippen MR) is 150 cm³/mol. The molecular weight excluding hydrogens is 512 g/mol. The normalized spacial score (nSPS) is 22.3. The van der Waals surface area contributed by atoms with Gasteiger partial charge in [-0.1, -0.05) is 26.8 Å². The van der Waals surface area contributed by atoms with Gasteiger partial charge >= 0.3 is 6.09 Å². The number of nitrogens with one attached hydrogen (secondary N) is 2. The number of carbonyl (C=O) groups excluding carboxylic acids is 2. The first-order valence-electron chi connectivity index (χ1n) is 14.1. The van der Waals surface area contributed by atoms with E-state index in [0.29, 0.717) is 45.6 Å².